The zero-order valence-electron chi connectivity index (χ0n) is 17.9. The van der Waals surface area contributed by atoms with Crippen LogP contribution in [0.25, 0.3) is 11.1 Å². The topological polar surface area (TPSA) is 32.8 Å². The number of fused-ring (bicyclic) bond motifs is 3. The van der Waals surface area contributed by atoms with Gasteiger partial charge in [-0.05, 0) is 80.5 Å². The zero-order chi connectivity index (χ0) is 20.3. The number of amides is 1. The van der Waals surface area contributed by atoms with E-state index >= 15 is 0 Å². The van der Waals surface area contributed by atoms with E-state index < -0.39 is 5.60 Å². The minimum atomic E-state index is -0.454. The van der Waals surface area contributed by atoms with Crippen LogP contribution in [0.4, 0.5) is 10.5 Å². The highest BCUT2D eigenvalue weighted by atomic mass is 16.6. The maximum Gasteiger partial charge on any atom is 0.410 e. The highest BCUT2D eigenvalue weighted by molar-refractivity contribution is 5.79. The van der Waals surface area contributed by atoms with Gasteiger partial charge < -0.3 is 14.5 Å². The summed E-state index contributed by atoms with van der Waals surface area (Å²) in [5.74, 6) is 0.370. The SMILES string of the molecule is Cc1ccccc1-c1cc2c3c(c1)[C@@H]1CN(C(=O)OC(C)(C)C)CC[C@@H]1N3CC2. The summed E-state index contributed by atoms with van der Waals surface area (Å²) < 4.78 is 5.66. The van der Waals surface area contributed by atoms with Crippen molar-refractivity contribution in [3.63, 3.8) is 0 Å². The van der Waals surface area contributed by atoms with Gasteiger partial charge in [-0.3, -0.25) is 0 Å². The fourth-order valence-corrected chi connectivity index (χ4v) is 5.39. The Kier molecular flexibility index (Phi) is 4.16. The van der Waals surface area contributed by atoms with Crippen molar-refractivity contribution in [1.29, 1.82) is 0 Å². The van der Waals surface area contributed by atoms with Crippen molar-refractivity contribution in [1.82, 2.24) is 4.90 Å². The van der Waals surface area contributed by atoms with Gasteiger partial charge >= 0.3 is 6.09 Å². The molecule has 3 aliphatic heterocycles. The molecule has 152 valence electrons. The molecule has 3 aliphatic rings. The van der Waals surface area contributed by atoms with Crippen LogP contribution < -0.4 is 4.90 Å². The second-order valence-electron chi connectivity index (χ2n) is 9.72. The standard InChI is InChI=1S/C25H30N2O2/c1-16-7-5-6-8-19(16)18-13-17-9-12-27-22-10-11-26(24(28)29-25(2,3)4)15-21(22)20(14-18)23(17)27/h5-8,13-14,21-22H,9-12,15H2,1-4H3/t21-,22-/m0/s1. The lowest BCUT2D eigenvalue weighted by molar-refractivity contribution is 0.0189. The van der Waals surface area contributed by atoms with Gasteiger partial charge in [-0.15, -0.1) is 0 Å². The highest BCUT2D eigenvalue weighted by Gasteiger charge is 2.46. The van der Waals surface area contributed by atoms with Gasteiger partial charge in [0.05, 0.1) is 0 Å². The number of benzene rings is 2. The monoisotopic (exact) mass is 390 g/mol. The van der Waals surface area contributed by atoms with Crippen LogP contribution >= 0.6 is 0 Å². The third-order valence-electron chi connectivity index (χ3n) is 6.61. The zero-order valence-corrected chi connectivity index (χ0v) is 17.9. The summed E-state index contributed by atoms with van der Waals surface area (Å²) in [6.07, 6.45) is 1.96. The quantitative estimate of drug-likeness (QED) is 0.677. The van der Waals surface area contributed by atoms with Crippen molar-refractivity contribution in [3.8, 4) is 11.1 Å². The Bertz CT molecular complexity index is 975. The molecule has 1 saturated heterocycles. The number of nitrogens with zero attached hydrogens (tertiary/aromatic N) is 2. The number of hydrogen-bond acceptors (Lipinski definition) is 3. The van der Waals surface area contributed by atoms with Crippen molar-refractivity contribution in [2.75, 3.05) is 24.5 Å². The molecule has 0 aliphatic carbocycles. The predicted molar refractivity (Wildman–Crippen MR) is 117 cm³/mol. The Balaban J connectivity index is 1.50. The first-order chi connectivity index (χ1) is 13.8. The molecule has 0 radical (unpaired) electrons. The van der Waals surface area contributed by atoms with E-state index in [1.165, 1.54) is 33.5 Å². The number of anilines is 1. The molecule has 29 heavy (non-hydrogen) atoms. The molecule has 0 N–H and O–H groups in total. The van der Waals surface area contributed by atoms with Crippen LogP contribution in [0.2, 0.25) is 0 Å². The number of ether oxygens (including phenoxy) is 1. The average Bonchev–Trinajstić information content (AvgIpc) is 3.23. The molecule has 3 heterocycles. The van der Waals surface area contributed by atoms with E-state index in [2.05, 4.69) is 48.2 Å². The summed E-state index contributed by atoms with van der Waals surface area (Å²) in [4.78, 5) is 17.2. The summed E-state index contributed by atoms with van der Waals surface area (Å²) in [6.45, 7) is 10.6. The number of carbonyl (C=O) groups is 1. The maximum atomic E-state index is 12.7. The van der Waals surface area contributed by atoms with Crippen LogP contribution in [-0.4, -0.2) is 42.3 Å². The van der Waals surface area contributed by atoms with Crippen molar-refractivity contribution in [3.05, 3.63) is 53.1 Å². The van der Waals surface area contributed by atoms with Gasteiger partial charge in [0.25, 0.3) is 0 Å². The molecule has 5 rings (SSSR count). The summed E-state index contributed by atoms with van der Waals surface area (Å²) in [5.41, 5.74) is 7.83. The number of likely N-dealkylation sites (tertiary alicyclic amines) is 1. The second kappa shape index (κ2) is 6.51. The maximum absolute atomic E-state index is 12.7. The normalized spacial score (nSPS) is 22.5. The third kappa shape index (κ3) is 3.09. The highest BCUT2D eigenvalue weighted by Crippen LogP contribution is 2.51. The molecule has 4 heteroatoms. The fourth-order valence-electron chi connectivity index (χ4n) is 5.39. The van der Waals surface area contributed by atoms with Gasteiger partial charge in [0.15, 0.2) is 0 Å². The Morgan fingerprint density at radius 1 is 1.14 bits per heavy atom. The molecule has 0 saturated carbocycles. The lowest BCUT2D eigenvalue weighted by Gasteiger charge is -2.38. The minimum Gasteiger partial charge on any atom is -0.444 e. The van der Waals surface area contributed by atoms with Gasteiger partial charge in [-0.1, -0.05) is 24.3 Å². The molecule has 1 amide bonds. The Morgan fingerprint density at radius 2 is 1.93 bits per heavy atom. The Labute approximate surface area is 173 Å². The van der Waals surface area contributed by atoms with E-state index in [-0.39, 0.29) is 6.09 Å². The van der Waals surface area contributed by atoms with Gasteiger partial charge in [-0.25, -0.2) is 4.79 Å². The third-order valence-corrected chi connectivity index (χ3v) is 6.61. The van der Waals surface area contributed by atoms with E-state index in [1.807, 2.05) is 25.7 Å². The lowest BCUT2D eigenvalue weighted by atomic mass is 9.85. The van der Waals surface area contributed by atoms with E-state index in [1.54, 1.807) is 0 Å². The molecule has 2 atom stereocenters. The van der Waals surface area contributed by atoms with Gasteiger partial charge in [0.2, 0.25) is 0 Å². The predicted octanol–water partition coefficient (Wildman–Crippen LogP) is 5.13. The van der Waals surface area contributed by atoms with E-state index in [9.17, 15) is 4.79 Å². The van der Waals surface area contributed by atoms with E-state index in [4.69, 9.17) is 4.74 Å². The lowest BCUT2D eigenvalue weighted by Crippen LogP contribution is -2.49. The summed E-state index contributed by atoms with van der Waals surface area (Å²) in [7, 11) is 0. The fraction of sp³-hybridized carbons (Fsp3) is 0.480. The summed E-state index contributed by atoms with van der Waals surface area (Å²) in [5, 5.41) is 0. The smallest absolute Gasteiger partial charge is 0.410 e. The molecule has 0 aromatic heterocycles. The van der Waals surface area contributed by atoms with E-state index in [0.29, 0.717) is 12.0 Å². The Hall–Kier alpha value is -2.49. The number of piperidine rings is 1. The first kappa shape index (κ1) is 18.5. The van der Waals surface area contributed by atoms with Crippen LogP contribution in [0.1, 0.15) is 49.8 Å². The largest absolute Gasteiger partial charge is 0.444 e. The first-order valence-corrected chi connectivity index (χ1v) is 10.8. The Morgan fingerprint density at radius 3 is 2.69 bits per heavy atom. The van der Waals surface area contributed by atoms with Crippen LogP contribution in [0, 0.1) is 6.92 Å². The summed E-state index contributed by atoms with van der Waals surface area (Å²) in [6, 6.07) is 13.9. The molecular formula is C25H30N2O2. The minimum absolute atomic E-state index is 0.178. The molecule has 4 nitrogen and oxygen atoms in total. The van der Waals surface area contributed by atoms with Crippen molar-refractivity contribution < 1.29 is 9.53 Å². The van der Waals surface area contributed by atoms with Crippen LogP contribution in [-0.2, 0) is 11.2 Å². The van der Waals surface area contributed by atoms with Crippen LogP contribution in [0.3, 0.4) is 0 Å². The molecule has 0 unspecified atom stereocenters. The number of rotatable bonds is 1. The van der Waals surface area contributed by atoms with Gasteiger partial charge in [-0.2, -0.15) is 0 Å². The molecule has 2 aromatic rings. The number of carbonyl (C=O) groups excluding carboxylic acids is 1. The molecule has 0 bridgehead atoms. The average molecular weight is 391 g/mol. The molecular weight excluding hydrogens is 360 g/mol. The van der Waals surface area contributed by atoms with Crippen LogP contribution in [0.5, 0.6) is 0 Å². The first-order valence-electron chi connectivity index (χ1n) is 10.8. The van der Waals surface area contributed by atoms with Gasteiger partial charge in [0, 0.05) is 37.3 Å². The van der Waals surface area contributed by atoms with Crippen LogP contribution in [0.15, 0.2) is 36.4 Å². The second-order valence-corrected chi connectivity index (χ2v) is 9.72. The van der Waals surface area contributed by atoms with E-state index in [0.717, 1.165) is 32.5 Å². The molecule has 2 aromatic carbocycles. The van der Waals surface area contributed by atoms with Crippen molar-refractivity contribution in [2.45, 2.75) is 58.1 Å². The number of aryl methyl sites for hydroxylation is 1. The summed E-state index contributed by atoms with van der Waals surface area (Å²) >= 11 is 0. The van der Waals surface area contributed by atoms with Crippen molar-refractivity contribution >= 4 is 11.8 Å². The molecule has 1 fully saturated rings. The molecule has 0 spiro atoms. The van der Waals surface area contributed by atoms with Gasteiger partial charge in [0.1, 0.15) is 5.60 Å². The van der Waals surface area contributed by atoms with Crippen molar-refractivity contribution in [2.24, 2.45) is 0 Å². The number of hydrogen-bond donors (Lipinski definition) is 0.